The molecule has 30 heavy (non-hydrogen) atoms. The Bertz CT molecular complexity index is 1100. The van der Waals surface area contributed by atoms with Gasteiger partial charge in [0, 0.05) is 24.8 Å². The average molecular weight is 467 g/mol. The highest BCUT2D eigenvalue weighted by Gasteiger charge is 2.11. The van der Waals surface area contributed by atoms with Gasteiger partial charge in [0.2, 0.25) is 11.9 Å². The van der Waals surface area contributed by atoms with Gasteiger partial charge in [-0.1, -0.05) is 30.3 Å². The molecule has 0 aliphatic carbocycles. The Morgan fingerprint density at radius 3 is 2.63 bits per heavy atom. The number of unbranched alkanes of at least 4 members (excludes halogenated alkanes) is 1. The van der Waals surface area contributed by atoms with E-state index >= 15 is 0 Å². The summed E-state index contributed by atoms with van der Waals surface area (Å²) in [5, 5.41) is 11.0. The zero-order valence-electron chi connectivity index (χ0n) is 16.4. The van der Waals surface area contributed by atoms with Crippen LogP contribution in [0.15, 0.2) is 59.3 Å². The van der Waals surface area contributed by atoms with E-state index in [9.17, 15) is 0 Å². The number of aromatic nitrogens is 5. The quantitative estimate of drug-likeness (QED) is 0.322. The molecule has 4 N–H and O–H groups in total. The Balaban J connectivity index is 1.49. The second kappa shape index (κ2) is 9.64. The van der Waals surface area contributed by atoms with Crippen LogP contribution in [0.2, 0.25) is 0 Å². The van der Waals surface area contributed by atoms with Gasteiger partial charge < -0.3 is 16.4 Å². The maximum absolute atomic E-state index is 5.56. The molecule has 9 heteroatoms. The fraction of sp³-hybridized carbons (Fsp3) is 0.238. The van der Waals surface area contributed by atoms with Crippen LogP contribution >= 0.6 is 15.9 Å². The SMILES string of the molecule is NCCCCNc1nc(NCc2ccc(-c3ccccn3)cc2)n2ncc(Br)c2n1. The molecule has 0 radical (unpaired) electrons. The van der Waals surface area contributed by atoms with E-state index in [0.29, 0.717) is 30.6 Å². The van der Waals surface area contributed by atoms with Crippen LogP contribution in [0.3, 0.4) is 0 Å². The fourth-order valence-corrected chi connectivity index (χ4v) is 3.37. The average Bonchev–Trinajstić information content (AvgIpc) is 3.17. The molecule has 0 saturated heterocycles. The Morgan fingerprint density at radius 1 is 1.00 bits per heavy atom. The molecular formula is C21H23BrN8. The van der Waals surface area contributed by atoms with Crippen molar-refractivity contribution in [3.63, 3.8) is 0 Å². The van der Waals surface area contributed by atoms with Gasteiger partial charge in [-0.3, -0.25) is 4.98 Å². The first-order valence-corrected chi connectivity index (χ1v) is 10.6. The van der Waals surface area contributed by atoms with Gasteiger partial charge in [-0.15, -0.1) is 0 Å². The molecule has 0 fully saturated rings. The first-order valence-electron chi connectivity index (χ1n) is 9.84. The second-order valence-corrected chi connectivity index (χ2v) is 7.64. The summed E-state index contributed by atoms with van der Waals surface area (Å²) in [6.45, 7) is 2.06. The first-order chi connectivity index (χ1) is 14.7. The zero-order chi connectivity index (χ0) is 20.8. The van der Waals surface area contributed by atoms with Crippen molar-refractivity contribution >= 4 is 33.5 Å². The third-order valence-corrected chi connectivity index (χ3v) is 5.16. The van der Waals surface area contributed by atoms with Gasteiger partial charge in [0.15, 0.2) is 5.65 Å². The van der Waals surface area contributed by atoms with Crippen molar-refractivity contribution in [1.82, 2.24) is 24.6 Å². The van der Waals surface area contributed by atoms with Crippen molar-refractivity contribution in [2.45, 2.75) is 19.4 Å². The van der Waals surface area contributed by atoms with Gasteiger partial charge in [-0.2, -0.15) is 19.6 Å². The number of benzene rings is 1. The first kappa shape index (κ1) is 20.2. The van der Waals surface area contributed by atoms with Crippen molar-refractivity contribution in [3.05, 3.63) is 64.9 Å². The van der Waals surface area contributed by atoms with E-state index in [1.54, 1.807) is 16.9 Å². The number of nitrogens with two attached hydrogens (primary N) is 1. The topological polar surface area (TPSA) is 106 Å². The van der Waals surface area contributed by atoms with E-state index in [1.807, 2.05) is 18.2 Å². The lowest BCUT2D eigenvalue weighted by Gasteiger charge is -2.11. The smallest absolute Gasteiger partial charge is 0.229 e. The summed E-state index contributed by atoms with van der Waals surface area (Å²) in [5.41, 5.74) is 9.44. The van der Waals surface area contributed by atoms with Gasteiger partial charge in [0.05, 0.1) is 16.4 Å². The molecule has 0 spiro atoms. The van der Waals surface area contributed by atoms with E-state index in [2.05, 4.69) is 70.9 Å². The van der Waals surface area contributed by atoms with E-state index in [-0.39, 0.29) is 0 Å². The molecule has 0 saturated carbocycles. The summed E-state index contributed by atoms with van der Waals surface area (Å²) < 4.78 is 2.51. The summed E-state index contributed by atoms with van der Waals surface area (Å²) >= 11 is 3.50. The van der Waals surface area contributed by atoms with Crippen LogP contribution in [0.25, 0.3) is 16.9 Å². The second-order valence-electron chi connectivity index (χ2n) is 6.79. The largest absolute Gasteiger partial charge is 0.354 e. The Labute approximate surface area is 183 Å². The highest BCUT2D eigenvalue weighted by Crippen LogP contribution is 2.21. The van der Waals surface area contributed by atoms with Gasteiger partial charge in [0.25, 0.3) is 0 Å². The van der Waals surface area contributed by atoms with Gasteiger partial charge in [0.1, 0.15) is 0 Å². The number of hydrogen-bond acceptors (Lipinski definition) is 7. The molecule has 0 atom stereocenters. The number of hydrogen-bond donors (Lipinski definition) is 3. The summed E-state index contributed by atoms with van der Waals surface area (Å²) in [6, 6.07) is 14.2. The Morgan fingerprint density at radius 2 is 1.87 bits per heavy atom. The van der Waals surface area contributed by atoms with Crippen molar-refractivity contribution < 1.29 is 0 Å². The molecule has 0 unspecified atom stereocenters. The van der Waals surface area contributed by atoms with Crippen LogP contribution in [0.1, 0.15) is 18.4 Å². The minimum atomic E-state index is 0.564. The van der Waals surface area contributed by atoms with E-state index < -0.39 is 0 Å². The number of halogens is 1. The molecule has 4 aromatic rings. The Kier molecular flexibility index (Phi) is 6.50. The maximum Gasteiger partial charge on any atom is 0.229 e. The van der Waals surface area contributed by atoms with E-state index in [4.69, 9.17) is 5.73 Å². The minimum absolute atomic E-state index is 0.564. The van der Waals surface area contributed by atoms with Gasteiger partial charge >= 0.3 is 0 Å². The van der Waals surface area contributed by atoms with Crippen LogP contribution < -0.4 is 16.4 Å². The maximum atomic E-state index is 5.56. The minimum Gasteiger partial charge on any atom is -0.354 e. The number of rotatable bonds is 9. The van der Waals surface area contributed by atoms with Crippen molar-refractivity contribution in [2.75, 3.05) is 23.7 Å². The number of pyridine rings is 1. The van der Waals surface area contributed by atoms with Crippen molar-refractivity contribution in [3.8, 4) is 11.3 Å². The van der Waals surface area contributed by atoms with Crippen LogP contribution in [-0.2, 0) is 6.54 Å². The molecular weight excluding hydrogens is 444 g/mol. The lowest BCUT2D eigenvalue weighted by atomic mass is 10.1. The predicted molar refractivity (Wildman–Crippen MR) is 122 cm³/mol. The van der Waals surface area contributed by atoms with Crippen LogP contribution in [-0.4, -0.2) is 37.7 Å². The number of anilines is 2. The number of fused-ring (bicyclic) bond motifs is 1. The van der Waals surface area contributed by atoms with Gasteiger partial charge in [-0.05, 0) is 53.0 Å². The third kappa shape index (κ3) is 4.74. The van der Waals surface area contributed by atoms with Gasteiger partial charge in [-0.25, -0.2) is 0 Å². The van der Waals surface area contributed by atoms with E-state index in [0.717, 1.165) is 40.7 Å². The highest BCUT2D eigenvalue weighted by molar-refractivity contribution is 9.10. The third-order valence-electron chi connectivity index (χ3n) is 4.60. The summed E-state index contributed by atoms with van der Waals surface area (Å²) in [4.78, 5) is 13.5. The molecule has 1 aromatic carbocycles. The van der Waals surface area contributed by atoms with Crippen molar-refractivity contribution in [1.29, 1.82) is 0 Å². The van der Waals surface area contributed by atoms with Crippen LogP contribution in [0.5, 0.6) is 0 Å². The van der Waals surface area contributed by atoms with Crippen LogP contribution in [0.4, 0.5) is 11.9 Å². The molecule has 3 heterocycles. The lowest BCUT2D eigenvalue weighted by molar-refractivity contribution is 0.768. The van der Waals surface area contributed by atoms with E-state index in [1.165, 1.54) is 0 Å². The molecule has 0 amide bonds. The molecule has 4 rings (SSSR count). The fourth-order valence-electron chi connectivity index (χ4n) is 3.02. The monoisotopic (exact) mass is 466 g/mol. The number of nitrogens with one attached hydrogen (secondary N) is 2. The molecule has 0 aliphatic rings. The number of nitrogens with zero attached hydrogens (tertiary/aromatic N) is 5. The summed E-state index contributed by atoms with van der Waals surface area (Å²) in [5.74, 6) is 1.19. The summed E-state index contributed by atoms with van der Waals surface area (Å²) in [7, 11) is 0. The molecule has 154 valence electrons. The lowest BCUT2D eigenvalue weighted by Crippen LogP contribution is -2.13. The molecule has 0 aliphatic heterocycles. The molecule has 0 bridgehead atoms. The predicted octanol–water partition coefficient (Wildman–Crippen LogP) is 3.71. The van der Waals surface area contributed by atoms with Crippen LogP contribution in [0, 0.1) is 0 Å². The van der Waals surface area contributed by atoms with Crippen molar-refractivity contribution in [2.24, 2.45) is 5.73 Å². The molecule has 3 aromatic heterocycles. The highest BCUT2D eigenvalue weighted by atomic mass is 79.9. The Hall–Kier alpha value is -3.04. The normalized spacial score (nSPS) is 11.0. The standard InChI is InChI=1S/C21H23BrN8/c22-17-14-27-30-19(17)28-20(25-12-4-2-10-23)29-21(30)26-13-15-6-8-16(9-7-15)18-5-1-3-11-24-18/h1,3,5-9,11,14H,2,4,10,12-13,23H2,(H2,25,26,28,29). The summed E-state index contributed by atoms with van der Waals surface area (Å²) in [6.07, 6.45) is 5.45. The molecule has 8 nitrogen and oxygen atoms in total. The zero-order valence-corrected chi connectivity index (χ0v) is 18.0.